The zero-order chi connectivity index (χ0) is 28.4. The molecule has 1 heterocycles. The van der Waals surface area contributed by atoms with Gasteiger partial charge in [0.05, 0.1) is 23.8 Å². The van der Waals surface area contributed by atoms with Crippen LogP contribution in [-0.4, -0.2) is 41.5 Å². The first-order chi connectivity index (χ1) is 19.3. The summed E-state index contributed by atoms with van der Waals surface area (Å²) in [5, 5.41) is 9.79. The fourth-order valence-electron chi connectivity index (χ4n) is 5.46. The minimum Gasteiger partial charge on any atom is -0.496 e. The van der Waals surface area contributed by atoms with Gasteiger partial charge < -0.3 is 9.64 Å². The van der Waals surface area contributed by atoms with Gasteiger partial charge in [-0.15, -0.1) is 11.3 Å². The highest BCUT2D eigenvalue weighted by atomic mass is 35.5. The number of benzene rings is 3. The Balaban J connectivity index is 1.54. The number of hydrogen-bond donors (Lipinski definition) is 0. The van der Waals surface area contributed by atoms with Gasteiger partial charge in [0.1, 0.15) is 16.4 Å². The van der Waals surface area contributed by atoms with E-state index in [2.05, 4.69) is 6.07 Å². The zero-order valence-electron chi connectivity index (χ0n) is 22.2. The van der Waals surface area contributed by atoms with Gasteiger partial charge in [-0.25, -0.2) is 8.81 Å². The lowest BCUT2D eigenvalue weighted by Crippen LogP contribution is -2.44. The number of halogens is 3. The monoisotopic (exact) mass is 595 g/mol. The average molecular weight is 597 g/mol. The van der Waals surface area contributed by atoms with Crippen LogP contribution in [0.5, 0.6) is 5.75 Å². The number of methoxy groups -OCH3 is 1. The predicted molar refractivity (Wildman–Crippen MR) is 159 cm³/mol. The lowest BCUT2D eigenvalue weighted by Gasteiger charge is -2.38. The maximum atomic E-state index is 14.6. The molecule has 1 amide bonds. The summed E-state index contributed by atoms with van der Waals surface area (Å²) in [6, 6.07) is 20.4. The molecule has 1 fully saturated rings. The average Bonchev–Trinajstić information content (AvgIpc) is 3.32. The molecule has 0 spiro atoms. The minimum absolute atomic E-state index is 0.0539. The Labute approximate surface area is 247 Å². The van der Waals surface area contributed by atoms with Crippen molar-refractivity contribution in [1.82, 2.24) is 9.32 Å². The van der Waals surface area contributed by atoms with Crippen LogP contribution in [0.2, 0.25) is 5.02 Å². The molecule has 0 saturated heterocycles. The Bertz CT molecular complexity index is 1590. The quantitative estimate of drug-likeness (QED) is 0.202. The number of carbonyl (C=O) groups is 1. The molecule has 206 valence electrons. The second kappa shape index (κ2) is 12.2. The number of amides is 1. The normalized spacial score (nSPS) is 17.1. The molecular formula is C31H28Cl2FN3O2S. The second-order valence-corrected chi connectivity index (χ2v) is 12.0. The van der Waals surface area contributed by atoms with E-state index < -0.39 is 5.82 Å². The van der Waals surface area contributed by atoms with Crippen LogP contribution in [0.25, 0.3) is 21.2 Å². The van der Waals surface area contributed by atoms with Crippen molar-refractivity contribution in [3.05, 3.63) is 87.5 Å². The van der Waals surface area contributed by atoms with Crippen LogP contribution in [0.15, 0.2) is 60.7 Å². The van der Waals surface area contributed by atoms with Crippen LogP contribution < -0.4 is 4.74 Å². The lowest BCUT2D eigenvalue weighted by atomic mass is 9.89. The number of thiophene rings is 1. The summed E-state index contributed by atoms with van der Waals surface area (Å²) < 4.78 is 22.7. The Morgan fingerprint density at radius 2 is 1.77 bits per heavy atom. The van der Waals surface area contributed by atoms with Crippen molar-refractivity contribution in [3.8, 4) is 22.9 Å². The Hall–Kier alpha value is -3.15. The number of hydrogen-bond acceptors (Lipinski definition) is 5. The van der Waals surface area contributed by atoms with Gasteiger partial charge in [0.2, 0.25) is 0 Å². The molecule has 1 aliphatic carbocycles. The fourth-order valence-corrected chi connectivity index (χ4v) is 7.17. The van der Waals surface area contributed by atoms with Gasteiger partial charge in [-0.3, -0.25) is 4.79 Å². The Morgan fingerprint density at radius 1 is 1.07 bits per heavy atom. The molecule has 40 heavy (non-hydrogen) atoms. The number of carbonyl (C=O) groups excluding carboxylic acids is 1. The van der Waals surface area contributed by atoms with Crippen molar-refractivity contribution in [2.75, 3.05) is 14.2 Å². The maximum Gasteiger partial charge on any atom is 0.266 e. The van der Waals surface area contributed by atoms with Crippen molar-refractivity contribution in [1.29, 1.82) is 5.26 Å². The van der Waals surface area contributed by atoms with E-state index >= 15 is 0 Å². The zero-order valence-corrected chi connectivity index (χ0v) is 24.5. The fraction of sp³-hybridized carbons (Fsp3) is 0.290. The van der Waals surface area contributed by atoms with E-state index in [1.54, 1.807) is 29.7 Å². The molecule has 0 aliphatic heterocycles. The molecule has 0 atom stereocenters. The molecule has 5 rings (SSSR count). The number of nitriles is 1. The summed E-state index contributed by atoms with van der Waals surface area (Å²) >= 11 is 14.1. The molecule has 3 aromatic carbocycles. The summed E-state index contributed by atoms with van der Waals surface area (Å²) in [6.45, 7) is 0.285. The summed E-state index contributed by atoms with van der Waals surface area (Å²) in [5.41, 5.74) is 3.21. The van der Waals surface area contributed by atoms with Gasteiger partial charge in [-0.05, 0) is 85.0 Å². The van der Waals surface area contributed by atoms with Crippen LogP contribution in [-0.2, 0) is 6.54 Å². The highest BCUT2D eigenvalue weighted by Crippen LogP contribution is 2.40. The van der Waals surface area contributed by atoms with Gasteiger partial charge in [-0.1, -0.05) is 35.9 Å². The second-order valence-electron chi connectivity index (χ2n) is 10.00. The Kier molecular flexibility index (Phi) is 8.62. The highest BCUT2D eigenvalue weighted by Gasteiger charge is 2.33. The predicted octanol–water partition coefficient (Wildman–Crippen LogP) is 8.28. The molecule has 1 aliphatic rings. The van der Waals surface area contributed by atoms with E-state index in [1.165, 1.54) is 17.4 Å². The molecular weight excluding hydrogens is 568 g/mol. The standard InChI is InChI=1S/C31H28Cl2FN3O2S/c1-36(33)23-10-12-24(13-11-23)37(31(38)30-29(32)28-25(34)7-4-8-27(28)40-30)18-22-16-21(9-14-26(22)39-2)20-6-3-5-19(15-20)17-35/h3-9,14-16,23-24H,10-13,18H2,1-2H3. The molecule has 1 saturated carbocycles. The van der Waals surface area contributed by atoms with E-state index in [-0.39, 0.29) is 34.9 Å². The van der Waals surface area contributed by atoms with Crippen molar-refractivity contribution in [2.24, 2.45) is 0 Å². The molecule has 4 aromatic rings. The van der Waals surface area contributed by atoms with Gasteiger partial charge in [0.15, 0.2) is 0 Å². The number of rotatable bonds is 7. The topological polar surface area (TPSA) is 56.6 Å². The molecule has 1 aromatic heterocycles. The first-order valence-electron chi connectivity index (χ1n) is 13.0. The summed E-state index contributed by atoms with van der Waals surface area (Å²) in [5.74, 6) is -0.0168. The number of fused-ring (bicyclic) bond motifs is 1. The van der Waals surface area contributed by atoms with Gasteiger partial charge in [0.25, 0.3) is 5.91 Å². The van der Waals surface area contributed by atoms with E-state index in [0.29, 0.717) is 20.9 Å². The summed E-state index contributed by atoms with van der Waals surface area (Å²) in [4.78, 5) is 16.4. The molecule has 0 radical (unpaired) electrons. The molecule has 0 unspecified atom stereocenters. The third-order valence-corrected chi connectivity index (χ3v) is 9.53. The highest BCUT2D eigenvalue weighted by molar-refractivity contribution is 7.21. The molecule has 5 nitrogen and oxygen atoms in total. The van der Waals surface area contributed by atoms with E-state index in [4.69, 9.17) is 28.1 Å². The van der Waals surface area contributed by atoms with Crippen molar-refractivity contribution < 1.29 is 13.9 Å². The van der Waals surface area contributed by atoms with E-state index in [0.717, 1.165) is 42.4 Å². The molecule has 0 N–H and O–H groups in total. The third kappa shape index (κ3) is 5.68. The van der Waals surface area contributed by atoms with Crippen LogP contribution >= 0.6 is 34.7 Å². The smallest absolute Gasteiger partial charge is 0.266 e. The maximum absolute atomic E-state index is 14.6. The van der Waals surface area contributed by atoms with Crippen molar-refractivity contribution >= 4 is 50.7 Å². The van der Waals surface area contributed by atoms with E-state index in [1.807, 2.05) is 48.3 Å². The Morgan fingerprint density at radius 3 is 2.45 bits per heavy atom. The van der Waals surface area contributed by atoms with Crippen molar-refractivity contribution in [2.45, 2.75) is 44.3 Å². The van der Waals surface area contributed by atoms with Gasteiger partial charge >= 0.3 is 0 Å². The largest absolute Gasteiger partial charge is 0.496 e. The summed E-state index contributed by atoms with van der Waals surface area (Å²) in [6.07, 6.45) is 3.25. The first kappa shape index (κ1) is 28.4. The number of ether oxygens (including phenoxy) is 1. The van der Waals surface area contributed by atoms with Crippen LogP contribution in [0.4, 0.5) is 4.39 Å². The van der Waals surface area contributed by atoms with Crippen LogP contribution in [0.1, 0.15) is 46.5 Å². The van der Waals surface area contributed by atoms with Crippen LogP contribution in [0.3, 0.4) is 0 Å². The van der Waals surface area contributed by atoms with Gasteiger partial charge in [0, 0.05) is 41.3 Å². The van der Waals surface area contributed by atoms with E-state index in [9.17, 15) is 14.4 Å². The van der Waals surface area contributed by atoms with Crippen LogP contribution in [0, 0.1) is 17.1 Å². The molecule has 0 bridgehead atoms. The van der Waals surface area contributed by atoms with Gasteiger partial charge in [-0.2, -0.15) is 5.26 Å². The third-order valence-electron chi connectivity index (χ3n) is 7.62. The minimum atomic E-state index is -0.441. The number of nitrogens with zero attached hydrogens (tertiary/aromatic N) is 3. The SMILES string of the molecule is COc1ccc(-c2cccc(C#N)c2)cc1CN(C(=O)c1sc2cccc(F)c2c1Cl)C1CCC(N(C)Cl)CC1. The summed E-state index contributed by atoms with van der Waals surface area (Å²) in [7, 11) is 3.47. The molecule has 9 heteroatoms. The van der Waals surface area contributed by atoms with Crippen molar-refractivity contribution in [3.63, 3.8) is 0 Å². The lowest BCUT2D eigenvalue weighted by molar-refractivity contribution is 0.0589. The first-order valence-corrected chi connectivity index (χ1v) is 14.6.